The highest BCUT2D eigenvalue weighted by atomic mass is 35.5. The SMILES string of the molecule is CO[C@H]1CC[C@H](Nc2ncc(Cl)c(-c3ccc4c(c3)C(=O)N(CC(=O)NC(c3ccccc3)C(C)O)C4)n2)CC1. The Morgan fingerprint density at radius 2 is 1.93 bits per heavy atom. The van der Waals surface area contributed by atoms with Gasteiger partial charge in [-0.25, -0.2) is 9.97 Å². The molecule has 9 nitrogen and oxygen atoms in total. The lowest BCUT2D eigenvalue weighted by Gasteiger charge is -2.28. The maximum absolute atomic E-state index is 13.3. The van der Waals surface area contributed by atoms with Gasteiger partial charge in [-0.15, -0.1) is 0 Å². The Balaban J connectivity index is 1.26. The first-order chi connectivity index (χ1) is 19.3. The lowest BCUT2D eigenvalue weighted by Crippen LogP contribution is -2.41. The quantitative estimate of drug-likeness (QED) is 0.354. The van der Waals surface area contributed by atoms with Crippen LogP contribution >= 0.6 is 11.6 Å². The molecule has 10 heteroatoms. The smallest absolute Gasteiger partial charge is 0.254 e. The third-order valence-corrected chi connectivity index (χ3v) is 7.92. The van der Waals surface area contributed by atoms with Crippen molar-refractivity contribution in [3.8, 4) is 11.3 Å². The highest BCUT2D eigenvalue weighted by Gasteiger charge is 2.31. The number of methoxy groups -OCH3 is 1. The van der Waals surface area contributed by atoms with E-state index < -0.39 is 12.1 Å². The number of aliphatic hydroxyl groups excluding tert-OH is 1. The highest BCUT2D eigenvalue weighted by molar-refractivity contribution is 6.33. The van der Waals surface area contributed by atoms with E-state index in [-0.39, 0.29) is 24.4 Å². The Morgan fingerprint density at radius 3 is 2.62 bits per heavy atom. The van der Waals surface area contributed by atoms with Crippen molar-refractivity contribution < 1.29 is 19.4 Å². The molecule has 1 aliphatic carbocycles. The second-order valence-corrected chi connectivity index (χ2v) is 10.9. The summed E-state index contributed by atoms with van der Waals surface area (Å²) in [7, 11) is 1.75. The summed E-state index contributed by atoms with van der Waals surface area (Å²) >= 11 is 6.48. The number of nitrogens with one attached hydrogen (secondary N) is 2. The molecule has 1 aromatic heterocycles. The first kappa shape index (κ1) is 28.0. The fourth-order valence-corrected chi connectivity index (χ4v) is 5.64. The van der Waals surface area contributed by atoms with Gasteiger partial charge < -0.3 is 25.4 Å². The number of halogens is 1. The van der Waals surface area contributed by atoms with Gasteiger partial charge in [-0.3, -0.25) is 9.59 Å². The molecule has 1 fully saturated rings. The van der Waals surface area contributed by atoms with E-state index >= 15 is 0 Å². The summed E-state index contributed by atoms with van der Waals surface area (Å²) in [6.07, 6.45) is 5.00. The third kappa shape index (κ3) is 6.27. The summed E-state index contributed by atoms with van der Waals surface area (Å²) in [6.45, 7) is 1.83. The van der Waals surface area contributed by atoms with Crippen LogP contribution in [0.25, 0.3) is 11.3 Å². The standard InChI is InChI=1S/C30H34ClN5O4/c1-18(37)27(19-6-4-3-5-7-19)34-26(38)17-36-16-21-9-8-20(14-24(21)29(36)39)28-25(31)15-32-30(35-28)33-22-10-12-23(40-2)13-11-22/h3-9,14-15,18,22-23,27,37H,10-13,16-17H2,1-2H3,(H,34,38)(H,32,33,35)/t18?,22-,23-,27?. The van der Waals surface area contributed by atoms with Crippen LogP contribution in [0.15, 0.2) is 54.7 Å². The van der Waals surface area contributed by atoms with Gasteiger partial charge in [0.1, 0.15) is 6.54 Å². The summed E-state index contributed by atoms with van der Waals surface area (Å²) in [5, 5.41) is 16.9. The number of fused-ring (bicyclic) bond motifs is 1. The number of carbonyl (C=O) groups excluding carboxylic acids is 2. The lowest BCUT2D eigenvalue weighted by molar-refractivity contribution is -0.123. The van der Waals surface area contributed by atoms with Gasteiger partial charge in [0.05, 0.1) is 35.2 Å². The number of carbonyl (C=O) groups is 2. The zero-order chi connectivity index (χ0) is 28.2. The second kappa shape index (κ2) is 12.3. The Kier molecular flexibility index (Phi) is 8.63. The number of aliphatic hydroxyl groups is 1. The van der Waals surface area contributed by atoms with Crippen LogP contribution in [-0.2, 0) is 16.1 Å². The molecule has 0 saturated heterocycles. The molecule has 2 amide bonds. The molecule has 2 aromatic carbocycles. The van der Waals surface area contributed by atoms with Gasteiger partial charge in [0, 0.05) is 30.8 Å². The lowest BCUT2D eigenvalue weighted by atomic mass is 9.93. The molecular formula is C30H34ClN5O4. The number of anilines is 1. The molecule has 2 heterocycles. The van der Waals surface area contributed by atoms with E-state index in [0.29, 0.717) is 40.4 Å². The van der Waals surface area contributed by atoms with Gasteiger partial charge in [-0.05, 0) is 49.8 Å². The largest absolute Gasteiger partial charge is 0.391 e. The van der Waals surface area contributed by atoms with E-state index in [1.54, 1.807) is 26.3 Å². The number of rotatable bonds is 9. The molecule has 3 N–H and O–H groups in total. The molecule has 40 heavy (non-hydrogen) atoms. The zero-order valence-electron chi connectivity index (χ0n) is 22.6. The van der Waals surface area contributed by atoms with Crippen molar-refractivity contribution in [3.63, 3.8) is 0 Å². The number of nitrogens with zero attached hydrogens (tertiary/aromatic N) is 3. The van der Waals surface area contributed by atoms with Gasteiger partial charge in [0.15, 0.2) is 0 Å². The van der Waals surface area contributed by atoms with Crippen molar-refractivity contribution in [2.45, 2.75) is 63.4 Å². The molecule has 3 aromatic rings. The molecule has 0 radical (unpaired) electrons. The normalized spacial score (nSPS) is 20.1. The van der Waals surface area contributed by atoms with Gasteiger partial charge in [0.2, 0.25) is 11.9 Å². The summed E-state index contributed by atoms with van der Waals surface area (Å²) in [6, 6.07) is 14.5. The molecule has 2 aliphatic rings. The molecule has 2 unspecified atom stereocenters. The van der Waals surface area contributed by atoms with Gasteiger partial charge in [-0.1, -0.05) is 54.1 Å². The first-order valence-corrected chi connectivity index (χ1v) is 14.0. The van der Waals surface area contributed by atoms with E-state index in [1.165, 1.54) is 4.90 Å². The highest BCUT2D eigenvalue weighted by Crippen LogP contribution is 2.32. The minimum absolute atomic E-state index is 0.119. The van der Waals surface area contributed by atoms with Crippen LogP contribution in [-0.4, -0.2) is 63.7 Å². The maximum atomic E-state index is 13.3. The van der Waals surface area contributed by atoms with Crippen LogP contribution in [0.2, 0.25) is 5.02 Å². The molecule has 0 bridgehead atoms. The van der Waals surface area contributed by atoms with Crippen molar-refractivity contribution in [1.82, 2.24) is 20.2 Å². The molecule has 5 rings (SSSR count). The van der Waals surface area contributed by atoms with Crippen LogP contribution < -0.4 is 10.6 Å². The molecule has 210 valence electrons. The average Bonchev–Trinajstić information content (AvgIpc) is 3.27. The summed E-state index contributed by atoms with van der Waals surface area (Å²) in [5.41, 5.74) is 3.39. The van der Waals surface area contributed by atoms with E-state index in [2.05, 4.69) is 20.6 Å². The Morgan fingerprint density at radius 1 is 1.18 bits per heavy atom. The van der Waals surface area contributed by atoms with Gasteiger partial charge >= 0.3 is 0 Å². The van der Waals surface area contributed by atoms with Gasteiger partial charge in [0.25, 0.3) is 5.91 Å². The summed E-state index contributed by atoms with van der Waals surface area (Å²) in [4.78, 5) is 36.7. The van der Waals surface area contributed by atoms with E-state index in [1.807, 2.05) is 42.5 Å². The van der Waals surface area contributed by atoms with Crippen LogP contribution in [0.1, 0.15) is 60.1 Å². The van der Waals surface area contributed by atoms with E-state index in [0.717, 1.165) is 36.8 Å². The zero-order valence-corrected chi connectivity index (χ0v) is 23.4. The Hall–Kier alpha value is -3.53. The number of ether oxygens (including phenoxy) is 1. The van der Waals surface area contributed by atoms with Crippen LogP contribution in [0.5, 0.6) is 0 Å². The maximum Gasteiger partial charge on any atom is 0.254 e. The second-order valence-electron chi connectivity index (χ2n) is 10.5. The monoisotopic (exact) mass is 563 g/mol. The van der Waals surface area contributed by atoms with E-state index in [4.69, 9.17) is 16.3 Å². The van der Waals surface area contributed by atoms with Crippen molar-refractivity contribution in [2.24, 2.45) is 0 Å². The van der Waals surface area contributed by atoms with Crippen molar-refractivity contribution in [2.75, 3.05) is 19.0 Å². The topological polar surface area (TPSA) is 117 Å². The van der Waals surface area contributed by atoms with Crippen LogP contribution in [0, 0.1) is 0 Å². The minimum atomic E-state index is -0.794. The van der Waals surface area contributed by atoms with E-state index in [9.17, 15) is 14.7 Å². The van der Waals surface area contributed by atoms with Gasteiger partial charge in [-0.2, -0.15) is 0 Å². The fraction of sp³-hybridized carbons (Fsp3) is 0.400. The van der Waals surface area contributed by atoms with Crippen LogP contribution in [0.3, 0.4) is 0 Å². The third-order valence-electron chi connectivity index (χ3n) is 7.64. The number of hydrogen-bond acceptors (Lipinski definition) is 7. The molecule has 1 saturated carbocycles. The number of benzene rings is 2. The Labute approximate surface area is 238 Å². The Bertz CT molecular complexity index is 1360. The minimum Gasteiger partial charge on any atom is -0.391 e. The molecule has 2 atom stereocenters. The predicted molar refractivity (Wildman–Crippen MR) is 153 cm³/mol. The number of hydrogen-bond donors (Lipinski definition) is 3. The molecule has 1 aliphatic heterocycles. The predicted octanol–water partition coefficient (Wildman–Crippen LogP) is 4.36. The first-order valence-electron chi connectivity index (χ1n) is 13.6. The van der Waals surface area contributed by atoms with Crippen molar-refractivity contribution in [3.05, 3.63) is 76.4 Å². The molecular weight excluding hydrogens is 530 g/mol. The van der Waals surface area contributed by atoms with Crippen molar-refractivity contribution in [1.29, 1.82) is 0 Å². The fourth-order valence-electron chi connectivity index (χ4n) is 5.44. The average molecular weight is 564 g/mol. The van der Waals surface area contributed by atoms with Crippen molar-refractivity contribution >= 4 is 29.4 Å². The molecule has 0 spiro atoms. The van der Waals surface area contributed by atoms with Crippen LogP contribution in [0.4, 0.5) is 5.95 Å². The number of amides is 2. The number of aromatic nitrogens is 2. The summed E-state index contributed by atoms with van der Waals surface area (Å²) in [5.74, 6) is -0.0829. The summed E-state index contributed by atoms with van der Waals surface area (Å²) < 4.78 is 5.46.